The van der Waals surface area contributed by atoms with Gasteiger partial charge in [-0.2, -0.15) is 0 Å². The van der Waals surface area contributed by atoms with Gasteiger partial charge < -0.3 is 9.80 Å². The lowest BCUT2D eigenvalue weighted by Gasteiger charge is -2.41. The lowest BCUT2D eigenvalue weighted by molar-refractivity contribution is 0.0832. The molecule has 0 saturated carbocycles. The van der Waals surface area contributed by atoms with Crippen molar-refractivity contribution in [1.82, 2.24) is 9.80 Å². The van der Waals surface area contributed by atoms with Crippen molar-refractivity contribution in [3.63, 3.8) is 0 Å². The van der Waals surface area contributed by atoms with Gasteiger partial charge in [0.2, 0.25) is 0 Å². The highest BCUT2D eigenvalue weighted by atomic mass is 32.2. The van der Waals surface area contributed by atoms with Crippen molar-refractivity contribution in [2.75, 3.05) is 63.3 Å². The number of piperidine rings is 2. The maximum Gasteiger partial charge on any atom is 0.148 e. The molecule has 2 heterocycles. The Balaban J connectivity index is 1.77. The smallest absolute Gasteiger partial charge is 0.148 e. The third-order valence-corrected chi connectivity index (χ3v) is 8.07. The van der Waals surface area contributed by atoms with Gasteiger partial charge in [0, 0.05) is 32.1 Å². The Morgan fingerprint density at radius 3 is 1.88 bits per heavy atom. The summed E-state index contributed by atoms with van der Waals surface area (Å²) in [6.07, 6.45) is 7.31. The number of hydrogen-bond acceptors (Lipinski definition) is 6. The number of likely N-dealkylation sites (tertiary alicyclic amines) is 2. The van der Waals surface area contributed by atoms with Gasteiger partial charge in [0.05, 0.1) is 11.5 Å². The summed E-state index contributed by atoms with van der Waals surface area (Å²) in [5.41, 5.74) is 0. The molecule has 2 unspecified atom stereocenters. The molecule has 0 radical (unpaired) electrons. The highest BCUT2D eigenvalue weighted by molar-refractivity contribution is 7.90. The lowest BCUT2D eigenvalue weighted by Crippen LogP contribution is -2.44. The minimum atomic E-state index is -2.89. The van der Waals surface area contributed by atoms with Crippen molar-refractivity contribution >= 4 is 19.7 Å². The van der Waals surface area contributed by atoms with Crippen LogP contribution in [0.4, 0.5) is 0 Å². The van der Waals surface area contributed by atoms with Crippen LogP contribution in [0.1, 0.15) is 32.6 Å². The minimum Gasteiger partial charge on any atom is -0.302 e. The van der Waals surface area contributed by atoms with Gasteiger partial charge in [-0.15, -0.1) is 0 Å². The molecular weight excluding hydrogens is 372 g/mol. The van der Waals surface area contributed by atoms with Crippen molar-refractivity contribution < 1.29 is 16.8 Å². The average molecular weight is 409 g/mol. The molecule has 6 nitrogen and oxygen atoms in total. The fourth-order valence-corrected chi connectivity index (χ4v) is 5.58. The lowest BCUT2D eigenvalue weighted by atomic mass is 9.75. The summed E-state index contributed by atoms with van der Waals surface area (Å²) in [7, 11) is -5.78. The van der Waals surface area contributed by atoms with E-state index >= 15 is 0 Å². The molecule has 0 amide bonds. The SMILES string of the molecule is CC(C1CCN(CCS(C)(=O)=O)CC1)C1CCCN(CCS(C)(=O)=O)C1. The zero-order valence-corrected chi connectivity index (χ0v) is 18.2. The molecule has 0 aromatic rings. The maximum absolute atomic E-state index is 11.4. The van der Waals surface area contributed by atoms with Gasteiger partial charge in [-0.1, -0.05) is 6.92 Å². The highest BCUT2D eigenvalue weighted by Crippen LogP contribution is 2.34. The molecule has 26 heavy (non-hydrogen) atoms. The Hall–Kier alpha value is -0.180. The maximum atomic E-state index is 11.4. The molecule has 0 spiro atoms. The first-order valence-electron chi connectivity index (χ1n) is 9.83. The predicted molar refractivity (Wildman–Crippen MR) is 107 cm³/mol. The summed E-state index contributed by atoms with van der Waals surface area (Å²) in [5, 5.41) is 0. The van der Waals surface area contributed by atoms with Gasteiger partial charge in [-0.25, -0.2) is 16.8 Å². The van der Waals surface area contributed by atoms with E-state index in [0.717, 1.165) is 45.4 Å². The summed E-state index contributed by atoms with van der Waals surface area (Å²) < 4.78 is 45.5. The van der Waals surface area contributed by atoms with E-state index in [1.165, 1.54) is 18.9 Å². The van der Waals surface area contributed by atoms with E-state index in [1.807, 2.05) is 0 Å². The van der Waals surface area contributed by atoms with Crippen LogP contribution in [0.3, 0.4) is 0 Å². The van der Waals surface area contributed by atoms with E-state index < -0.39 is 19.7 Å². The number of sulfone groups is 2. The Kier molecular flexibility index (Phi) is 7.95. The molecule has 2 fully saturated rings. The molecule has 2 rings (SSSR count). The quantitative estimate of drug-likeness (QED) is 0.599. The largest absolute Gasteiger partial charge is 0.302 e. The monoisotopic (exact) mass is 408 g/mol. The number of hydrogen-bond donors (Lipinski definition) is 0. The first kappa shape index (κ1) is 22.1. The van der Waals surface area contributed by atoms with Crippen molar-refractivity contribution in [1.29, 1.82) is 0 Å². The van der Waals surface area contributed by atoms with Crippen molar-refractivity contribution in [2.24, 2.45) is 17.8 Å². The van der Waals surface area contributed by atoms with Gasteiger partial charge in [-0.3, -0.25) is 0 Å². The van der Waals surface area contributed by atoms with E-state index in [9.17, 15) is 16.8 Å². The molecule has 2 aliphatic heterocycles. The van der Waals surface area contributed by atoms with E-state index in [0.29, 0.717) is 30.8 Å². The normalized spacial score (nSPS) is 26.0. The fraction of sp³-hybridized carbons (Fsp3) is 1.00. The first-order valence-corrected chi connectivity index (χ1v) is 14.0. The van der Waals surface area contributed by atoms with Gasteiger partial charge in [0.15, 0.2) is 0 Å². The summed E-state index contributed by atoms with van der Waals surface area (Å²) in [6.45, 7) is 7.70. The van der Waals surface area contributed by atoms with Crippen LogP contribution < -0.4 is 0 Å². The van der Waals surface area contributed by atoms with Gasteiger partial charge >= 0.3 is 0 Å². The molecule has 0 aromatic heterocycles. The average Bonchev–Trinajstić information content (AvgIpc) is 2.57. The van der Waals surface area contributed by atoms with Crippen LogP contribution in [0.15, 0.2) is 0 Å². The summed E-state index contributed by atoms with van der Waals surface area (Å²) in [6, 6.07) is 0. The van der Waals surface area contributed by atoms with Crippen LogP contribution in [0, 0.1) is 17.8 Å². The van der Waals surface area contributed by atoms with E-state index in [4.69, 9.17) is 0 Å². The minimum absolute atomic E-state index is 0.255. The Labute approximate surface area is 160 Å². The molecule has 8 heteroatoms. The molecule has 0 aromatic carbocycles. The van der Waals surface area contributed by atoms with Crippen LogP contribution in [-0.4, -0.2) is 89.9 Å². The summed E-state index contributed by atoms with van der Waals surface area (Å²) in [4.78, 5) is 4.61. The molecule has 0 aliphatic carbocycles. The zero-order valence-electron chi connectivity index (χ0n) is 16.6. The van der Waals surface area contributed by atoms with Gasteiger partial charge in [0.25, 0.3) is 0 Å². The van der Waals surface area contributed by atoms with Crippen LogP contribution in [0.2, 0.25) is 0 Å². The van der Waals surface area contributed by atoms with Crippen molar-refractivity contribution in [3.8, 4) is 0 Å². The predicted octanol–water partition coefficient (Wildman–Crippen LogP) is 1.14. The zero-order chi connectivity index (χ0) is 19.4. The van der Waals surface area contributed by atoms with Crippen molar-refractivity contribution in [2.45, 2.75) is 32.6 Å². The Morgan fingerprint density at radius 2 is 1.35 bits per heavy atom. The van der Waals surface area contributed by atoms with Crippen LogP contribution in [0.25, 0.3) is 0 Å². The molecule has 0 N–H and O–H groups in total. The van der Waals surface area contributed by atoms with Crippen LogP contribution in [0.5, 0.6) is 0 Å². The van der Waals surface area contributed by atoms with Gasteiger partial charge in [-0.05, 0) is 63.1 Å². The van der Waals surface area contributed by atoms with Crippen LogP contribution in [-0.2, 0) is 19.7 Å². The molecule has 2 saturated heterocycles. The second-order valence-corrected chi connectivity index (χ2v) is 13.0. The molecule has 2 aliphatic rings. The fourth-order valence-electron chi connectivity index (χ4n) is 4.40. The van der Waals surface area contributed by atoms with Crippen molar-refractivity contribution in [3.05, 3.63) is 0 Å². The second-order valence-electron chi connectivity index (χ2n) is 8.50. The topological polar surface area (TPSA) is 74.8 Å². The van der Waals surface area contributed by atoms with E-state index in [1.54, 1.807) is 0 Å². The Bertz CT molecular complexity index is 640. The first-order chi connectivity index (χ1) is 12.0. The van der Waals surface area contributed by atoms with Gasteiger partial charge in [0.1, 0.15) is 19.7 Å². The molecular formula is C18H36N2O4S2. The summed E-state index contributed by atoms with van der Waals surface area (Å²) in [5.74, 6) is 2.51. The molecule has 0 bridgehead atoms. The number of nitrogens with zero attached hydrogens (tertiary/aromatic N) is 2. The summed E-state index contributed by atoms with van der Waals surface area (Å²) >= 11 is 0. The third-order valence-electron chi connectivity index (χ3n) is 6.22. The van der Waals surface area contributed by atoms with E-state index in [2.05, 4.69) is 16.7 Å². The van der Waals surface area contributed by atoms with E-state index in [-0.39, 0.29) is 11.5 Å². The van der Waals surface area contributed by atoms with Crippen LogP contribution >= 0.6 is 0 Å². The molecule has 2 atom stereocenters. The second kappa shape index (κ2) is 9.34. The number of rotatable bonds is 8. The molecule has 154 valence electrons. The third kappa shape index (κ3) is 7.82. The highest BCUT2D eigenvalue weighted by Gasteiger charge is 2.32. The Morgan fingerprint density at radius 1 is 0.808 bits per heavy atom. The standard InChI is InChI=1S/C18H36N2O4S2/c1-16(17-6-9-19(10-7-17)11-13-25(2,21)22)18-5-4-8-20(15-18)12-14-26(3,23)24/h16-18H,4-15H2,1-3H3.